The van der Waals surface area contributed by atoms with E-state index in [9.17, 15) is 4.79 Å². The number of nitrogens with zero attached hydrogens (tertiary/aromatic N) is 3. The van der Waals surface area contributed by atoms with E-state index in [4.69, 9.17) is 4.74 Å². The Morgan fingerprint density at radius 1 is 1.10 bits per heavy atom. The fourth-order valence-corrected chi connectivity index (χ4v) is 3.91. The minimum absolute atomic E-state index is 0.0654. The van der Waals surface area contributed by atoms with Crippen molar-refractivity contribution < 1.29 is 9.53 Å². The Bertz CT molecular complexity index is 984. The zero-order valence-electron chi connectivity index (χ0n) is 18.6. The molecule has 0 fully saturated rings. The first-order valence-corrected chi connectivity index (χ1v) is 11.6. The molecule has 1 aromatic heterocycles. The number of amides is 1. The Balaban J connectivity index is 1.53. The molecule has 0 radical (unpaired) electrons. The molecule has 1 heterocycles. The van der Waals surface area contributed by atoms with Gasteiger partial charge in [-0.2, -0.15) is 0 Å². The molecule has 6 nitrogen and oxygen atoms in total. The molecule has 0 spiro atoms. The topological polar surface area (TPSA) is 69.0 Å². The van der Waals surface area contributed by atoms with Gasteiger partial charge < -0.3 is 14.6 Å². The average Bonchev–Trinajstić information content (AvgIpc) is 3.19. The summed E-state index contributed by atoms with van der Waals surface area (Å²) in [6.45, 7) is 9.49. The molecule has 1 N–H and O–H groups in total. The molecule has 0 unspecified atom stereocenters. The van der Waals surface area contributed by atoms with Crippen LogP contribution in [0.1, 0.15) is 50.1 Å². The highest BCUT2D eigenvalue weighted by Gasteiger charge is 2.14. The van der Waals surface area contributed by atoms with Gasteiger partial charge in [0.05, 0.1) is 5.75 Å². The van der Waals surface area contributed by atoms with Crippen molar-refractivity contribution in [2.75, 3.05) is 11.1 Å². The second-order valence-corrected chi connectivity index (χ2v) is 8.46. The number of benzene rings is 2. The third-order valence-electron chi connectivity index (χ3n) is 5.21. The third-order valence-corrected chi connectivity index (χ3v) is 6.17. The fourth-order valence-electron chi connectivity index (χ4n) is 3.09. The number of thioether (sulfide) groups is 1. The second kappa shape index (κ2) is 11.0. The monoisotopic (exact) mass is 438 g/mol. The van der Waals surface area contributed by atoms with Crippen LogP contribution in [0.4, 0.5) is 5.69 Å². The van der Waals surface area contributed by atoms with Crippen LogP contribution in [-0.4, -0.2) is 26.4 Å². The van der Waals surface area contributed by atoms with Crippen molar-refractivity contribution in [2.45, 2.75) is 58.3 Å². The predicted octanol–water partition coefficient (Wildman–Crippen LogP) is 5.43. The van der Waals surface area contributed by atoms with Crippen molar-refractivity contribution in [1.82, 2.24) is 14.8 Å². The van der Waals surface area contributed by atoms with E-state index in [-0.39, 0.29) is 11.7 Å². The molecule has 1 atom stereocenters. The molecular formula is C24H30N4O2S. The third kappa shape index (κ3) is 6.34. The molecule has 3 rings (SSSR count). The van der Waals surface area contributed by atoms with Crippen molar-refractivity contribution >= 4 is 23.4 Å². The van der Waals surface area contributed by atoms with E-state index >= 15 is 0 Å². The van der Waals surface area contributed by atoms with Crippen molar-refractivity contribution in [2.24, 2.45) is 0 Å². The van der Waals surface area contributed by atoms with Crippen molar-refractivity contribution in [3.63, 3.8) is 0 Å². The summed E-state index contributed by atoms with van der Waals surface area (Å²) >= 11 is 1.38. The summed E-state index contributed by atoms with van der Waals surface area (Å²) in [6, 6.07) is 16.0. The van der Waals surface area contributed by atoms with Crippen LogP contribution >= 0.6 is 11.8 Å². The van der Waals surface area contributed by atoms with E-state index in [1.807, 2.05) is 54.8 Å². The summed E-state index contributed by atoms with van der Waals surface area (Å²) in [4.78, 5) is 12.4. The van der Waals surface area contributed by atoms with E-state index < -0.39 is 0 Å². The van der Waals surface area contributed by atoms with Crippen LogP contribution in [0.5, 0.6) is 5.75 Å². The predicted molar refractivity (Wildman–Crippen MR) is 126 cm³/mol. The van der Waals surface area contributed by atoms with Gasteiger partial charge in [-0.3, -0.25) is 4.79 Å². The second-order valence-electron chi connectivity index (χ2n) is 7.51. The Morgan fingerprint density at radius 2 is 1.81 bits per heavy atom. The summed E-state index contributed by atoms with van der Waals surface area (Å²) in [7, 11) is 0. The lowest BCUT2D eigenvalue weighted by atomic mass is 9.99. The highest BCUT2D eigenvalue weighted by molar-refractivity contribution is 7.99. The number of hydrogen-bond donors (Lipinski definition) is 1. The maximum atomic E-state index is 12.4. The number of ether oxygens (including phenoxy) is 1. The molecule has 164 valence electrons. The quantitative estimate of drug-likeness (QED) is 0.428. The zero-order chi connectivity index (χ0) is 22.2. The zero-order valence-corrected chi connectivity index (χ0v) is 19.4. The first kappa shape index (κ1) is 22.9. The van der Waals surface area contributed by atoms with Crippen LogP contribution in [-0.2, 0) is 17.9 Å². The van der Waals surface area contributed by atoms with Crippen LogP contribution in [0.15, 0.2) is 53.7 Å². The van der Waals surface area contributed by atoms with Gasteiger partial charge in [-0.15, -0.1) is 10.2 Å². The Labute approximate surface area is 188 Å². The highest BCUT2D eigenvalue weighted by atomic mass is 32.2. The Hall–Kier alpha value is -2.80. The molecule has 0 aliphatic rings. The molecule has 0 aliphatic heterocycles. The van der Waals surface area contributed by atoms with Crippen LogP contribution in [0.3, 0.4) is 0 Å². The maximum absolute atomic E-state index is 12.4. The van der Waals surface area contributed by atoms with Crippen molar-refractivity contribution in [1.29, 1.82) is 0 Å². The minimum Gasteiger partial charge on any atom is -0.486 e. The maximum Gasteiger partial charge on any atom is 0.234 e. The molecule has 0 saturated carbocycles. The number of rotatable bonds is 10. The van der Waals surface area contributed by atoms with Crippen LogP contribution in [0, 0.1) is 6.92 Å². The van der Waals surface area contributed by atoms with Gasteiger partial charge in [-0.1, -0.05) is 55.4 Å². The van der Waals surface area contributed by atoms with Gasteiger partial charge in [0.25, 0.3) is 0 Å². The fraction of sp³-hybridized carbons (Fsp3) is 0.375. The molecule has 0 saturated heterocycles. The number of aromatic nitrogens is 3. The lowest BCUT2D eigenvalue weighted by Gasteiger charge is -2.11. The van der Waals surface area contributed by atoms with Crippen molar-refractivity contribution in [3.8, 4) is 5.75 Å². The minimum atomic E-state index is -0.0654. The van der Waals surface area contributed by atoms with Gasteiger partial charge in [0, 0.05) is 12.2 Å². The number of anilines is 1. The number of aryl methyl sites for hydroxylation is 1. The highest BCUT2D eigenvalue weighted by Crippen LogP contribution is 2.22. The molecule has 3 aromatic rings. The summed E-state index contributed by atoms with van der Waals surface area (Å²) in [5.41, 5.74) is 3.28. The van der Waals surface area contributed by atoms with Crippen molar-refractivity contribution in [3.05, 3.63) is 65.5 Å². The smallest absolute Gasteiger partial charge is 0.234 e. The van der Waals surface area contributed by atoms with E-state index in [1.165, 1.54) is 22.9 Å². The molecule has 7 heteroatoms. The van der Waals surface area contributed by atoms with Gasteiger partial charge in [0.15, 0.2) is 11.0 Å². The van der Waals surface area contributed by atoms with Gasteiger partial charge in [-0.25, -0.2) is 0 Å². The Morgan fingerprint density at radius 3 is 2.45 bits per heavy atom. The van der Waals surface area contributed by atoms with Crippen LogP contribution < -0.4 is 10.1 Å². The standard InChI is InChI=1S/C24H30N4O2S/c1-5-18(4)19-9-11-20(12-10-19)25-23(29)16-31-24-27-26-22(28(24)6-2)15-30-21-13-7-17(3)8-14-21/h7-14,18H,5-6,15-16H2,1-4H3,(H,25,29)/t18-/m0/s1. The molecule has 31 heavy (non-hydrogen) atoms. The van der Waals surface area contributed by atoms with Gasteiger partial charge >= 0.3 is 0 Å². The Kier molecular flexibility index (Phi) is 8.12. The lowest BCUT2D eigenvalue weighted by molar-refractivity contribution is -0.113. The molecule has 1 amide bonds. The van der Waals surface area contributed by atoms with Gasteiger partial charge in [-0.05, 0) is 56.0 Å². The molecule has 0 bridgehead atoms. The summed E-state index contributed by atoms with van der Waals surface area (Å²) in [6.07, 6.45) is 1.10. The van der Waals surface area contributed by atoms with E-state index in [0.29, 0.717) is 24.2 Å². The van der Waals surface area contributed by atoms with Crippen LogP contribution in [0.2, 0.25) is 0 Å². The molecular weight excluding hydrogens is 408 g/mol. The summed E-state index contributed by atoms with van der Waals surface area (Å²) < 4.78 is 7.81. The summed E-state index contributed by atoms with van der Waals surface area (Å²) in [5.74, 6) is 2.26. The van der Waals surface area contributed by atoms with Gasteiger partial charge in [0.2, 0.25) is 5.91 Å². The van der Waals surface area contributed by atoms with E-state index in [1.54, 1.807) is 0 Å². The number of nitrogens with one attached hydrogen (secondary N) is 1. The number of hydrogen-bond acceptors (Lipinski definition) is 5. The molecule has 2 aromatic carbocycles. The van der Waals surface area contributed by atoms with Crippen LogP contribution in [0.25, 0.3) is 0 Å². The summed E-state index contributed by atoms with van der Waals surface area (Å²) in [5, 5.41) is 12.2. The largest absolute Gasteiger partial charge is 0.486 e. The van der Waals surface area contributed by atoms with Gasteiger partial charge in [0.1, 0.15) is 12.4 Å². The van der Waals surface area contributed by atoms with E-state index in [2.05, 4.69) is 41.5 Å². The molecule has 0 aliphatic carbocycles. The average molecular weight is 439 g/mol. The first-order chi connectivity index (χ1) is 15.0. The van der Waals surface area contributed by atoms with E-state index in [0.717, 1.165) is 23.7 Å². The normalized spacial score (nSPS) is 11.9. The number of carbonyl (C=O) groups excluding carboxylic acids is 1. The first-order valence-electron chi connectivity index (χ1n) is 10.6. The number of carbonyl (C=O) groups is 1. The SMILES string of the molecule is CC[C@H](C)c1ccc(NC(=O)CSc2nnc(COc3ccc(C)cc3)n2CC)cc1. The lowest BCUT2D eigenvalue weighted by Crippen LogP contribution is -2.15.